The second-order valence-corrected chi connectivity index (χ2v) is 9.86. The quantitative estimate of drug-likeness (QED) is 0.484. The molecule has 0 unspecified atom stereocenters. The second kappa shape index (κ2) is 8.24. The average Bonchev–Trinajstić information content (AvgIpc) is 3.02. The van der Waals surface area contributed by atoms with Crippen LogP contribution < -0.4 is 10.0 Å². The van der Waals surface area contributed by atoms with Gasteiger partial charge < -0.3 is 5.32 Å². The van der Waals surface area contributed by atoms with Gasteiger partial charge in [-0.25, -0.2) is 13.4 Å². The van der Waals surface area contributed by atoms with Crippen LogP contribution in [0.3, 0.4) is 0 Å². The van der Waals surface area contributed by atoms with Crippen LogP contribution in [0.25, 0.3) is 0 Å². The predicted molar refractivity (Wildman–Crippen MR) is 113 cm³/mol. The van der Waals surface area contributed by atoms with Crippen molar-refractivity contribution in [3.05, 3.63) is 67.5 Å². The third-order valence-electron chi connectivity index (χ3n) is 3.61. The Labute approximate surface area is 176 Å². The van der Waals surface area contributed by atoms with Crippen LogP contribution in [-0.4, -0.2) is 13.4 Å². The summed E-state index contributed by atoms with van der Waals surface area (Å²) in [6.45, 7) is 2.32. The third-order valence-corrected chi connectivity index (χ3v) is 6.73. The summed E-state index contributed by atoms with van der Waals surface area (Å²) in [6.07, 6.45) is 1.66. The summed E-state index contributed by atoms with van der Waals surface area (Å²) in [5, 5.41) is 3.70. The van der Waals surface area contributed by atoms with Crippen molar-refractivity contribution in [1.82, 2.24) is 4.98 Å². The van der Waals surface area contributed by atoms with Crippen LogP contribution in [0, 0.1) is 6.92 Å². The maximum absolute atomic E-state index is 12.6. The van der Waals surface area contributed by atoms with Gasteiger partial charge in [0.15, 0.2) is 4.47 Å². The maximum Gasteiger partial charge on any atom is 0.261 e. The number of anilines is 2. The lowest BCUT2D eigenvalue weighted by Crippen LogP contribution is -2.13. The molecule has 27 heavy (non-hydrogen) atoms. The Morgan fingerprint density at radius 2 is 1.70 bits per heavy atom. The first-order chi connectivity index (χ1) is 12.7. The smallest absolute Gasteiger partial charge is 0.261 e. The van der Waals surface area contributed by atoms with Gasteiger partial charge in [-0.05, 0) is 31.2 Å². The topological polar surface area (TPSA) is 71.1 Å². The van der Waals surface area contributed by atoms with Crippen LogP contribution in [0.15, 0.2) is 47.5 Å². The monoisotopic (exact) mass is 461 g/mol. The molecule has 3 rings (SSSR count). The Morgan fingerprint density at radius 3 is 2.33 bits per heavy atom. The van der Waals surface area contributed by atoms with Gasteiger partial charge in [0, 0.05) is 11.1 Å². The minimum atomic E-state index is -3.78. The molecule has 0 aliphatic carbocycles. The summed E-state index contributed by atoms with van der Waals surface area (Å²) in [5.74, 6) is 0. The first-order valence-corrected chi connectivity index (χ1v) is 11.1. The molecular weight excluding hydrogens is 449 g/mol. The highest BCUT2D eigenvalue weighted by molar-refractivity contribution is 7.92. The highest BCUT2D eigenvalue weighted by atomic mass is 35.5. The lowest BCUT2D eigenvalue weighted by Gasteiger charge is -2.14. The van der Waals surface area contributed by atoms with Crippen molar-refractivity contribution in [2.45, 2.75) is 18.4 Å². The van der Waals surface area contributed by atoms with Gasteiger partial charge in [0.25, 0.3) is 10.0 Å². The van der Waals surface area contributed by atoms with Crippen LogP contribution in [0.5, 0.6) is 0 Å². The van der Waals surface area contributed by atoms with Crippen molar-refractivity contribution in [2.75, 3.05) is 10.0 Å². The Hall–Kier alpha value is -1.51. The molecule has 142 valence electrons. The highest BCUT2D eigenvalue weighted by Gasteiger charge is 2.17. The number of benzene rings is 2. The molecule has 10 heteroatoms. The van der Waals surface area contributed by atoms with Gasteiger partial charge in [0.05, 0.1) is 32.9 Å². The van der Waals surface area contributed by atoms with E-state index >= 15 is 0 Å². The van der Waals surface area contributed by atoms with Crippen LogP contribution in [0.4, 0.5) is 11.4 Å². The molecule has 0 saturated heterocycles. The van der Waals surface area contributed by atoms with Crippen LogP contribution in [0.1, 0.15) is 10.4 Å². The first kappa shape index (κ1) is 20.2. The van der Waals surface area contributed by atoms with E-state index in [0.717, 1.165) is 10.4 Å². The van der Waals surface area contributed by atoms with Crippen molar-refractivity contribution in [3.8, 4) is 0 Å². The fourth-order valence-electron chi connectivity index (χ4n) is 2.23. The molecule has 0 radical (unpaired) electrons. The molecule has 3 aromatic rings. The van der Waals surface area contributed by atoms with Gasteiger partial charge >= 0.3 is 0 Å². The number of nitrogens with one attached hydrogen (secondary N) is 2. The molecule has 1 heterocycles. The van der Waals surface area contributed by atoms with Crippen molar-refractivity contribution >= 4 is 67.5 Å². The van der Waals surface area contributed by atoms with E-state index in [2.05, 4.69) is 15.0 Å². The Bertz CT molecular complexity index is 1070. The Balaban J connectivity index is 1.83. The molecular formula is C17H14Cl3N3O2S2. The van der Waals surface area contributed by atoms with Gasteiger partial charge in [0.2, 0.25) is 0 Å². The zero-order valence-electron chi connectivity index (χ0n) is 14.0. The molecule has 0 amide bonds. The Morgan fingerprint density at radius 1 is 1.04 bits per heavy atom. The van der Waals surface area contributed by atoms with E-state index in [1.807, 2.05) is 6.92 Å². The largest absolute Gasteiger partial charge is 0.379 e. The average molecular weight is 463 g/mol. The lowest BCUT2D eigenvalue weighted by atomic mass is 10.2. The Kier molecular flexibility index (Phi) is 6.18. The predicted octanol–water partition coefficient (Wildman–Crippen LogP) is 5.82. The normalized spacial score (nSPS) is 11.4. The SMILES string of the molecule is Cc1ccc(S(=O)(=O)Nc2cc(NCc3cnc(Cl)s3)c(Cl)cc2Cl)cc1. The first-order valence-electron chi connectivity index (χ1n) is 7.67. The van der Waals surface area contributed by atoms with Gasteiger partial charge in [-0.1, -0.05) is 52.5 Å². The summed E-state index contributed by atoms with van der Waals surface area (Å²) in [7, 11) is -3.78. The molecule has 0 aliphatic rings. The zero-order chi connectivity index (χ0) is 19.6. The third kappa shape index (κ3) is 5.06. The molecule has 1 aromatic heterocycles. The van der Waals surface area contributed by atoms with E-state index in [4.69, 9.17) is 34.8 Å². The van der Waals surface area contributed by atoms with Crippen LogP contribution >= 0.6 is 46.1 Å². The van der Waals surface area contributed by atoms with E-state index in [1.54, 1.807) is 24.4 Å². The van der Waals surface area contributed by atoms with Gasteiger partial charge in [-0.15, -0.1) is 11.3 Å². The van der Waals surface area contributed by atoms with Crippen molar-refractivity contribution < 1.29 is 8.42 Å². The number of halogens is 3. The van der Waals surface area contributed by atoms with Crippen LogP contribution in [0.2, 0.25) is 14.5 Å². The van der Waals surface area contributed by atoms with Gasteiger partial charge in [-0.2, -0.15) is 0 Å². The molecule has 5 nitrogen and oxygen atoms in total. The number of thiazole rings is 1. The molecule has 2 N–H and O–H groups in total. The summed E-state index contributed by atoms with van der Waals surface area (Å²) in [4.78, 5) is 5.03. The maximum atomic E-state index is 12.6. The number of sulfonamides is 1. The van der Waals surface area contributed by atoms with E-state index in [1.165, 1.54) is 29.5 Å². The second-order valence-electron chi connectivity index (χ2n) is 5.66. The number of aryl methyl sites for hydroxylation is 1. The molecule has 0 bridgehead atoms. The number of hydrogen-bond donors (Lipinski definition) is 2. The summed E-state index contributed by atoms with van der Waals surface area (Å²) in [5.41, 5.74) is 1.73. The van der Waals surface area contributed by atoms with E-state index in [-0.39, 0.29) is 15.6 Å². The minimum absolute atomic E-state index is 0.146. The van der Waals surface area contributed by atoms with E-state index in [9.17, 15) is 8.42 Å². The number of aromatic nitrogens is 1. The van der Waals surface area contributed by atoms with E-state index in [0.29, 0.717) is 21.7 Å². The number of hydrogen-bond acceptors (Lipinski definition) is 5. The lowest BCUT2D eigenvalue weighted by molar-refractivity contribution is 0.601. The molecule has 0 aliphatic heterocycles. The van der Waals surface area contributed by atoms with Crippen molar-refractivity contribution in [1.29, 1.82) is 0 Å². The highest BCUT2D eigenvalue weighted by Crippen LogP contribution is 2.34. The molecule has 0 saturated carbocycles. The number of rotatable bonds is 6. The van der Waals surface area contributed by atoms with E-state index < -0.39 is 10.0 Å². The standard InChI is InChI=1S/C17H14Cl3N3O2S2/c1-10-2-4-12(5-3-10)27(24,25)23-16-7-15(13(18)6-14(16)19)21-8-11-9-22-17(20)26-11/h2-7,9,21,23H,8H2,1H3. The molecule has 2 aromatic carbocycles. The summed E-state index contributed by atoms with van der Waals surface area (Å²) in [6, 6.07) is 9.57. The van der Waals surface area contributed by atoms with Gasteiger partial charge in [-0.3, -0.25) is 4.72 Å². The summed E-state index contributed by atoms with van der Waals surface area (Å²) >= 11 is 19.6. The van der Waals surface area contributed by atoms with Crippen molar-refractivity contribution in [2.24, 2.45) is 0 Å². The van der Waals surface area contributed by atoms with Crippen molar-refractivity contribution in [3.63, 3.8) is 0 Å². The molecule has 0 spiro atoms. The fraction of sp³-hybridized carbons (Fsp3) is 0.118. The van der Waals surface area contributed by atoms with Crippen LogP contribution in [-0.2, 0) is 16.6 Å². The molecule has 0 atom stereocenters. The fourth-order valence-corrected chi connectivity index (χ4v) is 4.77. The number of nitrogens with zero attached hydrogens (tertiary/aromatic N) is 1. The van der Waals surface area contributed by atoms with Gasteiger partial charge in [0.1, 0.15) is 0 Å². The molecule has 0 fully saturated rings. The summed E-state index contributed by atoms with van der Waals surface area (Å²) < 4.78 is 28.1. The zero-order valence-corrected chi connectivity index (χ0v) is 17.9. The minimum Gasteiger partial charge on any atom is -0.379 e.